The van der Waals surface area contributed by atoms with Crippen LogP contribution in [0.15, 0.2) is 47.4 Å². The van der Waals surface area contributed by atoms with Crippen LogP contribution >= 0.6 is 23.4 Å². The molecule has 1 unspecified atom stereocenters. The summed E-state index contributed by atoms with van der Waals surface area (Å²) in [5.41, 5.74) is 4.75. The van der Waals surface area contributed by atoms with E-state index in [-0.39, 0.29) is 11.9 Å². The monoisotopic (exact) mass is 324 g/mol. The predicted octanol–water partition coefficient (Wildman–Crippen LogP) is 4.34. The van der Waals surface area contributed by atoms with Crippen LogP contribution in [0.2, 0.25) is 5.02 Å². The topological polar surface area (TPSA) is 38.0 Å². The third kappa shape index (κ3) is 4.45. The van der Waals surface area contributed by atoms with Crippen LogP contribution in [0.1, 0.15) is 24.1 Å². The zero-order chi connectivity index (χ0) is 15.2. The zero-order valence-corrected chi connectivity index (χ0v) is 13.3. The molecule has 0 spiro atoms. The fraction of sp³-hybridized carbons (Fsp3) is 0.250. The Balaban J connectivity index is 2.15. The van der Waals surface area contributed by atoms with Crippen LogP contribution in [0.5, 0.6) is 0 Å². The Morgan fingerprint density at radius 3 is 2.52 bits per heavy atom. The summed E-state index contributed by atoms with van der Waals surface area (Å²) in [6, 6.07) is 12.7. The fourth-order valence-corrected chi connectivity index (χ4v) is 3.05. The van der Waals surface area contributed by atoms with Crippen LogP contribution in [0, 0.1) is 5.82 Å². The third-order valence-corrected chi connectivity index (χ3v) is 4.48. The van der Waals surface area contributed by atoms with Gasteiger partial charge in [0.2, 0.25) is 0 Å². The molecule has 0 bridgehead atoms. The number of rotatable bonds is 6. The number of halogens is 2. The molecule has 0 aliphatic heterocycles. The van der Waals surface area contributed by atoms with E-state index < -0.39 is 0 Å². The summed E-state index contributed by atoms with van der Waals surface area (Å²) in [6.07, 6.45) is 0.607. The van der Waals surface area contributed by atoms with Gasteiger partial charge in [0.25, 0.3) is 0 Å². The average Bonchev–Trinajstić information content (AvgIpc) is 2.48. The summed E-state index contributed by atoms with van der Waals surface area (Å²) in [5.74, 6) is 6.37. The van der Waals surface area contributed by atoms with E-state index in [1.54, 1.807) is 17.8 Å². The quantitative estimate of drug-likeness (QED) is 0.471. The van der Waals surface area contributed by atoms with Crippen molar-refractivity contribution in [3.63, 3.8) is 0 Å². The van der Waals surface area contributed by atoms with Crippen LogP contribution in [0.4, 0.5) is 4.39 Å². The molecule has 0 saturated heterocycles. The standard InChI is InChI=1S/C16H18ClFN2S/c1-2-21-14-7-4-11(5-8-14)16(20-19)9-12-3-6-13(18)10-15(12)17/h3-8,10,16,20H,2,9,19H2,1H3. The van der Waals surface area contributed by atoms with Crippen molar-refractivity contribution < 1.29 is 4.39 Å². The highest BCUT2D eigenvalue weighted by Gasteiger charge is 2.13. The molecule has 5 heteroatoms. The van der Waals surface area contributed by atoms with E-state index in [0.29, 0.717) is 11.4 Å². The van der Waals surface area contributed by atoms with Gasteiger partial charge in [-0.25, -0.2) is 4.39 Å². The average molecular weight is 325 g/mol. The summed E-state index contributed by atoms with van der Waals surface area (Å²) in [7, 11) is 0. The lowest BCUT2D eigenvalue weighted by Gasteiger charge is -2.17. The van der Waals surface area contributed by atoms with Gasteiger partial charge in [-0.3, -0.25) is 11.3 Å². The molecule has 2 rings (SSSR count). The van der Waals surface area contributed by atoms with Crippen molar-refractivity contribution in [1.29, 1.82) is 0 Å². The molecular weight excluding hydrogens is 307 g/mol. The van der Waals surface area contributed by atoms with Gasteiger partial charge in [-0.2, -0.15) is 0 Å². The second kappa shape index (κ2) is 7.80. The molecule has 0 heterocycles. The summed E-state index contributed by atoms with van der Waals surface area (Å²) in [5, 5.41) is 0.424. The molecule has 2 aromatic carbocycles. The van der Waals surface area contributed by atoms with Crippen molar-refractivity contribution >= 4 is 23.4 Å². The summed E-state index contributed by atoms with van der Waals surface area (Å²) in [4.78, 5) is 1.23. The maximum absolute atomic E-state index is 13.1. The van der Waals surface area contributed by atoms with E-state index in [0.717, 1.165) is 16.9 Å². The van der Waals surface area contributed by atoms with Gasteiger partial charge in [0.05, 0.1) is 6.04 Å². The lowest BCUT2D eigenvalue weighted by Crippen LogP contribution is -2.29. The minimum atomic E-state index is -0.332. The lowest BCUT2D eigenvalue weighted by molar-refractivity contribution is 0.550. The summed E-state index contributed by atoms with van der Waals surface area (Å²) in [6.45, 7) is 2.12. The summed E-state index contributed by atoms with van der Waals surface area (Å²) >= 11 is 7.87. The molecule has 0 saturated carbocycles. The number of benzene rings is 2. The maximum atomic E-state index is 13.1. The molecule has 2 aromatic rings. The van der Waals surface area contributed by atoms with E-state index in [9.17, 15) is 4.39 Å². The lowest BCUT2D eigenvalue weighted by atomic mass is 9.99. The van der Waals surface area contributed by atoms with Crippen molar-refractivity contribution in [2.75, 3.05) is 5.75 Å². The Morgan fingerprint density at radius 1 is 1.24 bits per heavy atom. The van der Waals surface area contributed by atoms with E-state index in [1.807, 2.05) is 0 Å². The Kier molecular flexibility index (Phi) is 6.06. The van der Waals surface area contributed by atoms with Gasteiger partial charge >= 0.3 is 0 Å². The molecular formula is C16H18ClFN2S. The van der Waals surface area contributed by atoms with Crippen LogP contribution in [-0.4, -0.2) is 5.75 Å². The van der Waals surface area contributed by atoms with Gasteiger partial charge in [0.1, 0.15) is 5.82 Å². The largest absolute Gasteiger partial charge is 0.271 e. The number of nitrogens with one attached hydrogen (secondary N) is 1. The van der Waals surface area contributed by atoms with Crippen LogP contribution in [0.25, 0.3) is 0 Å². The number of thioether (sulfide) groups is 1. The van der Waals surface area contributed by atoms with E-state index >= 15 is 0 Å². The molecule has 3 N–H and O–H groups in total. The van der Waals surface area contributed by atoms with Gasteiger partial charge in [-0.15, -0.1) is 11.8 Å². The molecule has 0 amide bonds. The van der Waals surface area contributed by atoms with Crippen molar-refractivity contribution in [1.82, 2.24) is 5.43 Å². The Labute approximate surface area is 133 Å². The van der Waals surface area contributed by atoms with E-state index in [1.165, 1.54) is 17.0 Å². The second-order valence-electron chi connectivity index (χ2n) is 4.66. The highest BCUT2D eigenvalue weighted by atomic mass is 35.5. The van der Waals surface area contributed by atoms with Crippen LogP contribution in [-0.2, 0) is 6.42 Å². The molecule has 112 valence electrons. The van der Waals surface area contributed by atoms with Crippen LogP contribution in [0.3, 0.4) is 0 Å². The normalized spacial score (nSPS) is 12.4. The van der Waals surface area contributed by atoms with Crippen molar-refractivity contribution in [2.24, 2.45) is 5.84 Å². The molecule has 0 aliphatic rings. The second-order valence-corrected chi connectivity index (χ2v) is 6.41. The zero-order valence-electron chi connectivity index (χ0n) is 11.8. The first-order valence-electron chi connectivity index (χ1n) is 6.77. The predicted molar refractivity (Wildman–Crippen MR) is 88.0 cm³/mol. The smallest absolute Gasteiger partial charge is 0.124 e. The number of hydrazine groups is 1. The molecule has 1 atom stereocenters. The Hall–Kier alpha value is -1.07. The first kappa shape index (κ1) is 16.3. The van der Waals surface area contributed by atoms with E-state index in [4.69, 9.17) is 17.4 Å². The molecule has 0 aromatic heterocycles. The Bertz CT molecular complexity index is 589. The fourth-order valence-electron chi connectivity index (χ4n) is 2.14. The third-order valence-electron chi connectivity index (χ3n) is 3.23. The minimum Gasteiger partial charge on any atom is -0.271 e. The Morgan fingerprint density at radius 2 is 1.95 bits per heavy atom. The highest BCUT2D eigenvalue weighted by molar-refractivity contribution is 7.99. The SMILES string of the molecule is CCSc1ccc(C(Cc2ccc(F)cc2Cl)NN)cc1. The van der Waals surface area contributed by atoms with E-state index in [2.05, 4.69) is 36.6 Å². The minimum absolute atomic E-state index is 0.0614. The molecule has 0 radical (unpaired) electrons. The van der Waals surface area contributed by atoms with Crippen LogP contribution < -0.4 is 11.3 Å². The first-order valence-corrected chi connectivity index (χ1v) is 8.13. The first-order chi connectivity index (χ1) is 10.1. The van der Waals surface area contributed by atoms with Gasteiger partial charge < -0.3 is 0 Å². The summed E-state index contributed by atoms with van der Waals surface area (Å²) < 4.78 is 13.1. The molecule has 0 fully saturated rings. The van der Waals surface area contributed by atoms with Gasteiger partial charge in [0.15, 0.2) is 0 Å². The number of hydrogen-bond donors (Lipinski definition) is 2. The molecule has 21 heavy (non-hydrogen) atoms. The van der Waals surface area contributed by atoms with Gasteiger partial charge in [-0.1, -0.05) is 36.7 Å². The number of nitrogens with two attached hydrogens (primary N) is 1. The highest BCUT2D eigenvalue weighted by Crippen LogP contribution is 2.26. The van der Waals surface area contributed by atoms with Gasteiger partial charge in [0, 0.05) is 9.92 Å². The molecule has 2 nitrogen and oxygen atoms in total. The number of hydrogen-bond acceptors (Lipinski definition) is 3. The van der Waals surface area contributed by atoms with Crippen molar-refractivity contribution in [3.05, 3.63) is 64.4 Å². The van der Waals surface area contributed by atoms with Gasteiger partial charge in [-0.05, 0) is 47.6 Å². The molecule has 0 aliphatic carbocycles. The maximum Gasteiger partial charge on any atom is 0.124 e. The van der Waals surface area contributed by atoms with Crippen molar-refractivity contribution in [3.8, 4) is 0 Å². The van der Waals surface area contributed by atoms with Crippen molar-refractivity contribution in [2.45, 2.75) is 24.3 Å².